The Morgan fingerprint density at radius 1 is 1.17 bits per heavy atom. The van der Waals surface area contributed by atoms with Crippen LogP contribution in [-0.4, -0.2) is 77.5 Å². The van der Waals surface area contributed by atoms with E-state index in [0.29, 0.717) is 6.54 Å². The van der Waals surface area contributed by atoms with Gasteiger partial charge in [0, 0.05) is 44.0 Å². The maximum atomic E-state index is 11.5. The number of anilines is 1. The summed E-state index contributed by atoms with van der Waals surface area (Å²) >= 11 is 0. The Morgan fingerprint density at radius 2 is 1.76 bits per heavy atom. The van der Waals surface area contributed by atoms with Crippen LogP contribution in [0.25, 0.3) is 0 Å². The minimum Gasteiger partial charge on any atom is -0.497 e. The summed E-state index contributed by atoms with van der Waals surface area (Å²) < 4.78 is 30.9. The van der Waals surface area contributed by atoms with Gasteiger partial charge in [0.15, 0.2) is 5.96 Å². The molecule has 0 amide bonds. The zero-order valence-electron chi connectivity index (χ0n) is 17.9. The number of benzene rings is 1. The van der Waals surface area contributed by atoms with E-state index in [1.807, 2.05) is 32.9 Å². The highest BCUT2D eigenvalue weighted by molar-refractivity contribution is 14.0. The summed E-state index contributed by atoms with van der Waals surface area (Å²) in [5.41, 5.74) is 0.542. The molecule has 0 bridgehead atoms. The third-order valence-corrected chi connectivity index (χ3v) is 5.36. The lowest BCUT2D eigenvalue weighted by atomic mass is 10.1. The molecule has 1 aliphatic rings. The molecule has 2 N–H and O–H groups in total. The number of methoxy groups -OCH3 is 1. The number of piperazine rings is 1. The maximum Gasteiger partial charge on any atom is 0.209 e. The van der Waals surface area contributed by atoms with Gasteiger partial charge in [0.25, 0.3) is 0 Å². The van der Waals surface area contributed by atoms with Crippen molar-refractivity contribution in [1.29, 1.82) is 0 Å². The lowest BCUT2D eigenvalue weighted by Gasteiger charge is -2.38. The molecule has 29 heavy (non-hydrogen) atoms. The molecule has 0 radical (unpaired) electrons. The van der Waals surface area contributed by atoms with Crippen LogP contribution >= 0.6 is 24.0 Å². The van der Waals surface area contributed by atoms with Gasteiger partial charge in [0.2, 0.25) is 10.0 Å². The minimum atomic E-state index is -3.28. The van der Waals surface area contributed by atoms with Crippen molar-refractivity contribution >= 4 is 45.6 Å². The number of rotatable bonds is 7. The lowest BCUT2D eigenvalue weighted by Crippen LogP contribution is -2.53. The summed E-state index contributed by atoms with van der Waals surface area (Å²) in [5.74, 6) is 1.68. The van der Waals surface area contributed by atoms with Crippen molar-refractivity contribution in [2.24, 2.45) is 4.99 Å². The van der Waals surface area contributed by atoms with Gasteiger partial charge in [0.05, 0.1) is 19.9 Å². The van der Waals surface area contributed by atoms with E-state index >= 15 is 0 Å². The van der Waals surface area contributed by atoms with Gasteiger partial charge in [-0.3, -0.25) is 4.99 Å². The molecule has 0 atom stereocenters. The molecule has 1 saturated heterocycles. The molecule has 166 valence electrons. The zero-order valence-corrected chi connectivity index (χ0v) is 21.1. The van der Waals surface area contributed by atoms with Crippen molar-refractivity contribution in [3.63, 3.8) is 0 Å². The number of ether oxygens (including phenoxy) is 1. The summed E-state index contributed by atoms with van der Waals surface area (Å²) in [5, 5.41) is 3.32. The second-order valence-electron chi connectivity index (χ2n) is 7.60. The number of hydrogen-bond donors (Lipinski definition) is 2. The molecule has 10 heteroatoms. The van der Waals surface area contributed by atoms with Crippen LogP contribution in [0.3, 0.4) is 0 Å². The van der Waals surface area contributed by atoms with E-state index in [1.165, 1.54) is 11.9 Å². The highest BCUT2D eigenvalue weighted by Gasteiger charge is 2.24. The third kappa shape index (κ3) is 8.55. The lowest BCUT2D eigenvalue weighted by molar-refractivity contribution is 0.369. The van der Waals surface area contributed by atoms with Crippen molar-refractivity contribution in [2.75, 3.05) is 57.5 Å². The first-order chi connectivity index (χ1) is 13.1. The predicted octanol–water partition coefficient (Wildman–Crippen LogP) is 1.73. The molecular formula is C19H34IN5O3S. The number of guanidine groups is 1. The monoisotopic (exact) mass is 539 g/mol. The average molecular weight is 539 g/mol. The highest BCUT2D eigenvalue weighted by atomic mass is 127. The van der Waals surface area contributed by atoms with Crippen LogP contribution < -0.4 is 19.7 Å². The fourth-order valence-corrected chi connectivity index (χ4v) is 4.27. The fourth-order valence-electron chi connectivity index (χ4n) is 3.20. The Morgan fingerprint density at radius 3 is 2.24 bits per heavy atom. The van der Waals surface area contributed by atoms with Crippen molar-refractivity contribution < 1.29 is 13.2 Å². The van der Waals surface area contributed by atoms with E-state index in [0.717, 1.165) is 44.4 Å². The summed E-state index contributed by atoms with van der Waals surface area (Å²) in [6.45, 7) is 10.3. The SMILES string of the molecule is CCNC(=NCC(C)(C)NS(C)(=O)=O)N1CCN(c2ccc(OC)cc2)CC1.I. The number of aliphatic imine (C=N–C) groups is 1. The van der Waals surface area contributed by atoms with Crippen LogP contribution in [0.2, 0.25) is 0 Å². The largest absolute Gasteiger partial charge is 0.497 e. The van der Waals surface area contributed by atoms with Crippen molar-refractivity contribution in [2.45, 2.75) is 26.3 Å². The molecule has 1 aromatic carbocycles. The first kappa shape index (κ1) is 25.8. The zero-order chi connectivity index (χ0) is 20.8. The summed E-state index contributed by atoms with van der Waals surface area (Å²) in [6.07, 6.45) is 1.17. The molecular weight excluding hydrogens is 505 g/mol. The van der Waals surface area contributed by atoms with E-state index in [2.05, 4.69) is 37.0 Å². The van der Waals surface area contributed by atoms with Gasteiger partial charge in [0.1, 0.15) is 5.75 Å². The van der Waals surface area contributed by atoms with Crippen molar-refractivity contribution in [1.82, 2.24) is 14.9 Å². The topological polar surface area (TPSA) is 86.3 Å². The Kier molecular flexibility index (Phi) is 9.96. The highest BCUT2D eigenvalue weighted by Crippen LogP contribution is 2.20. The van der Waals surface area contributed by atoms with E-state index in [9.17, 15) is 8.42 Å². The fraction of sp³-hybridized carbons (Fsp3) is 0.632. The molecule has 1 aromatic rings. The predicted molar refractivity (Wildman–Crippen MR) is 130 cm³/mol. The van der Waals surface area contributed by atoms with Gasteiger partial charge in [-0.1, -0.05) is 0 Å². The Balaban J connectivity index is 0.00000420. The summed E-state index contributed by atoms with van der Waals surface area (Å²) in [6, 6.07) is 8.11. The number of nitrogens with one attached hydrogen (secondary N) is 2. The molecule has 0 saturated carbocycles. The van der Waals surface area contributed by atoms with Crippen LogP contribution in [0.5, 0.6) is 5.75 Å². The summed E-state index contributed by atoms with van der Waals surface area (Å²) in [4.78, 5) is 9.25. The average Bonchev–Trinajstić information content (AvgIpc) is 2.63. The van der Waals surface area contributed by atoms with Gasteiger partial charge in [-0.2, -0.15) is 0 Å². The van der Waals surface area contributed by atoms with Crippen LogP contribution in [0, 0.1) is 0 Å². The first-order valence-corrected chi connectivity index (χ1v) is 11.4. The molecule has 8 nitrogen and oxygen atoms in total. The standard InChI is InChI=1S/C19H33N5O3S.HI/c1-6-20-18(21-15-19(2,3)22-28(5,25)26)24-13-11-23(12-14-24)16-7-9-17(27-4)10-8-16;/h7-10,22H,6,11-15H2,1-5H3,(H,20,21);1H. The minimum absolute atomic E-state index is 0. The van der Waals surface area contributed by atoms with E-state index in [-0.39, 0.29) is 24.0 Å². The maximum absolute atomic E-state index is 11.5. The normalized spacial score (nSPS) is 15.7. The molecule has 1 fully saturated rings. The number of hydrogen-bond acceptors (Lipinski definition) is 5. The Bertz CT molecular complexity index is 761. The van der Waals surface area contributed by atoms with Crippen molar-refractivity contribution in [3.05, 3.63) is 24.3 Å². The van der Waals surface area contributed by atoms with Gasteiger partial charge < -0.3 is 19.9 Å². The van der Waals surface area contributed by atoms with Crippen LogP contribution in [-0.2, 0) is 10.0 Å². The van der Waals surface area contributed by atoms with E-state index in [4.69, 9.17) is 4.74 Å². The van der Waals surface area contributed by atoms with Crippen LogP contribution in [0.15, 0.2) is 29.3 Å². The Labute approximate surface area is 192 Å². The molecule has 0 unspecified atom stereocenters. The molecule has 1 aliphatic heterocycles. The van der Waals surface area contributed by atoms with E-state index in [1.54, 1.807) is 7.11 Å². The van der Waals surface area contributed by atoms with Gasteiger partial charge in [-0.05, 0) is 45.0 Å². The smallest absolute Gasteiger partial charge is 0.209 e. The Hall–Kier alpha value is -1.27. The number of sulfonamides is 1. The second-order valence-corrected chi connectivity index (χ2v) is 9.35. The van der Waals surface area contributed by atoms with Gasteiger partial charge >= 0.3 is 0 Å². The van der Waals surface area contributed by atoms with E-state index < -0.39 is 15.6 Å². The van der Waals surface area contributed by atoms with Crippen LogP contribution in [0.4, 0.5) is 5.69 Å². The molecule has 1 heterocycles. The quantitative estimate of drug-likeness (QED) is 0.312. The summed E-state index contributed by atoms with van der Waals surface area (Å²) in [7, 11) is -1.61. The van der Waals surface area contributed by atoms with Crippen LogP contribution in [0.1, 0.15) is 20.8 Å². The number of nitrogens with zero attached hydrogens (tertiary/aromatic N) is 3. The third-order valence-electron chi connectivity index (χ3n) is 4.44. The van der Waals surface area contributed by atoms with Crippen molar-refractivity contribution in [3.8, 4) is 5.75 Å². The van der Waals surface area contributed by atoms with Gasteiger partial charge in [-0.25, -0.2) is 13.1 Å². The molecule has 2 rings (SSSR count). The number of halogens is 1. The first-order valence-electron chi connectivity index (χ1n) is 9.55. The molecule has 0 spiro atoms. The second kappa shape index (κ2) is 11.2. The van der Waals surface area contributed by atoms with Gasteiger partial charge in [-0.15, -0.1) is 24.0 Å². The molecule has 0 aliphatic carbocycles. The molecule has 0 aromatic heterocycles.